The average Bonchev–Trinajstić information content (AvgIpc) is 3.32. The summed E-state index contributed by atoms with van der Waals surface area (Å²) in [6, 6.07) is 21.3. The third-order valence-electron chi connectivity index (χ3n) is 5.05. The number of carbonyl (C=O) groups excluding carboxylic acids is 3. The number of carbonyl (C=O) groups is 3. The van der Waals surface area contributed by atoms with E-state index < -0.39 is 0 Å². The van der Waals surface area contributed by atoms with E-state index in [9.17, 15) is 14.4 Å². The molecule has 176 valence electrons. The van der Waals surface area contributed by atoms with Gasteiger partial charge in [-0.3, -0.25) is 19.7 Å². The highest BCUT2D eigenvalue weighted by atomic mass is 32.2. The highest BCUT2D eigenvalue weighted by Crippen LogP contribution is 2.26. The number of aromatic nitrogens is 2. The molecule has 0 fully saturated rings. The summed E-state index contributed by atoms with van der Waals surface area (Å²) in [7, 11) is 0. The van der Waals surface area contributed by atoms with Crippen molar-refractivity contribution in [2.75, 3.05) is 16.4 Å². The summed E-state index contributed by atoms with van der Waals surface area (Å²) in [6.07, 6.45) is 0. The first-order valence-electron chi connectivity index (χ1n) is 10.7. The molecule has 2 N–H and O–H groups in total. The van der Waals surface area contributed by atoms with Gasteiger partial charge in [-0.15, -0.1) is 10.2 Å². The summed E-state index contributed by atoms with van der Waals surface area (Å²) in [6.45, 7) is 3.95. The fraction of sp³-hybridized carbons (Fsp3) is 0.115. The monoisotopic (exact) mass is 502 g/mol. The maximum atomic E-state index is 12.6. The van der Waals surface area contributed by atoms with Crippen LogP contribution in [0.3, 0.4) is 0 Å². The van der Waals surface area contributed by atoms with Crippen LogP contribution in [0, 0.1) is 13.8 Å². The van der Waals surface area contributed by atoms with E-state index in [0.717, 1.165) is 16.8 Å². The van der Waals surface area contributed by atoms with Gasteiger partial charge in [-0.2, -0.15) is 0 Å². The van der Waals surface area contributed by atoms with Crippen molar-refractivity contribution >= 4 is 51.5 Å². The van der Waals surface area contributed by atoms with E-state index in [4.69, 9.17) is 0 Å². The van der Waals surface area contributed by atoms with Gasteiger partial charge in [0, 0.05) is 22.4 Å². The van der Waals surface area contributed by atoms with Gasteiger partial charge in [-0.05, 0) is 37.6 Å². The van der Waals surface area contributed by atoms with Gasteiger partial charge in [0.05, 0.1) is 5.75 Å². The molecule has 2 amide bonds. The molecule has 0 unspecified atom stereocenters. The second kappa shape index (κ2) is 11.1. The molecule has 4 rings (SSSR count). The van der Waals surface area contributed by atoms with Gasteiger partial charge in [0.25, 0.3) is 5.91 Å². The van der Waals surface area contributed by atoms with E-state index in [1.165, 1.54) is 23.1 Å². The first kappa shape index (κ1) is 24.3. The lowest BCUT2D eigenvalue weighted by Gasteiger charge is -2.08. The number of rotatable bonds is 8. The number of hydrogen-bond donors (Lipinski definition) is 2. The zero-order valence-electron chi connectivity index (χ0n) is 19.1. The Morgan fingerprint density at radius 1 is 0.829 bits per heavy atom. The average molecular weight is 503 g/mol. The molecule has 0 atom stereocenters. The van der Waals surface area contributed by atoms with Crippen LogP contribution in [-0.2, 0) is 4.79 Å². The van der Waals surface area contributed by atoms with Gasteiger partial charge < -0.3 is 5.32 Å². The third kappa shape index (κ3) is 6.40. The molecule has 0 saturated heterocycles. The highest BCUT2D eigenvalue weighted by molar-refractivity contribution is 8.01. The largest absolute Gasteiger partial charge is 0.325 e. The molecule has 4 aromatic rings. The topological polar surface area (TPSA) is 101 Å². The van der Waals surface area contributed by atoms with Crippen LogP contribution in [0.2, 0.25) is 0 Å². The second-order valence-corrected chi connectivity index (χ2v) is 9.95. The number of amides is 2. The minimum atomic E-state index is -0.357. The number of ketones is 1. The predicted molar refractivity (Wildman–Crippen MR) is 139 cm³/mol. The van der Waals surface area contributed by atoms with E-state index in [2.05, 4.69) is 20.8 Å². The lowest BCUT2D eigenvalue weighted by molar-refractivity contribution is -0.113. The summed E-state index contributed by atoms with van der Waals surface area (Å²) >= 11 is 2.44. The molecular weight excluding hydrogens is 480 g/mol. The molecule has 0 spiro atoms. The molecule has 35 heavy (non-hydrogen) atoms. The summed E-state index contributed by atoms with van der Waals surface area (Å²) in [5, 5.41) is 13.9. The van der Waals surface area contributed by atoms with Crippen molar-refractivity contribution in [1.29, 1.82) is 0 Å². The number of nitrogens with one attached hydrogen (secondary N) is 2. The summed E-state index contributed by atoms with van der Waals surface area (Å²) < 4.78 is 0.569. The van der Waals surface area contributed by atoms with Crippen molar-refractivity contribution in [2.24, 2.45) is 0 Å². The Kier molecular flexibility index (Phi) is 7.69. The molecule has 7 nitrogen and oxygen atoms in total. The van der Waals surface area contributed by atoms with Gasteiger partial charge >= 0.3 is 0 Å². The molecule has 3 aromatic carbocycles. The normalized spacial score (nSPS) is 10.6. The van der Waals surface area contributed by atoms with Gasteiger partial charge in [0.15, 0.2) is 10.1 Å². The van der Waals surface area contributed by atoms with Crippen molar-refractivity contribution in [2.45, 2.75) is 18.2 Å². The van der Waals surface area contributed by atoms with Gasteiger partial charge in [-0.25, -0.2) is 0 Å². The molecule has 0 saturated carbocycles. The third-order valence-corrected chi connectivity index (χ3v) is 7.03. The zero-order chi connectivity index (χ0) is 24.8. The Morgan fingerprint density at radius 3 is 2.23 bits per heavy atom. The Balaban J connectivity index is 1.30. The van der Waals surface area contributed by atoms with Crippen molar-refractivity contribution in [3.8, 4) is 0 Å². The molecule has 0 aliphatic heterocycles. The Bertz CT molecular complexity index is 1370. The SMILES string of the molecule is Cc1ccc(NC(=O)CSc2nnc(NC(=O)c3ccc(C(=O)c4ccccc4)cc3)s2)c(C)c1. The van der Waals surface area contributed by atoms with Crippen LogP contribution in [-0.4, -0.2) is 33.5 Å². The van der Waals surface area contributed by atoms with Crippen molar-refractivity contribution in [1.82, 2.24) is 10.2 Å². The molecule has 9 heteroatoms. The van der Waals surface area contributed by atoms with E-state index >= 15 is 0 Å². The van der Waals surface area contributed by atoms with Crippen LogP contribution in [0.25, 0.3) is 0 Å². The first-order chi connectivity index (χ1) is 16.9. The number of hydrogen-bond acceptors (Lipinski definition) is 7. The van der Waals surface area contributed by atoms with Gasteiger partial charge in [-0.1, -0.05) is 83.3 Å². The summed E-state index contributed by atoms with van der Waals surface area (Å²) in [4.78, 5) is 37.4. The second-order valence-electron chi connectivity index (χ2n) is 7.75. The molecule has 0 bridgehead atoms. The molecule has 1 heterocycles. The van der Waals surface area contributed by atoms with Crippen LogP contribution in [0.5, 0.6) is 0 Å². The molecule has 0 aliphatic rings. The predicted octanol–water partition coefficient (Wildman–Crippen LogP) is 5.37. The summed E-state index contributed by atoms with van der Waals surface area (Å²) in [5.74, 6) is -0.436. The fourth-order valence-electron chi connectivity index (χ4n) is 3.28. The Labute approximate surface area is 211 Å². The number of nitrogens with zero attached hydrogens (tertiary/aromatic N) is 2. The number of thioether (sulfide) groups is 1. The molecule has 0 aliphatic carbocycles. The smallest absolute Gasteiger partial charge is 0.257 e. The highest BCUT2D eigenvalue weighted by Gasteiger charge is 2.14. The standard InChI is InChI=1S/C26H22N4O3S2/c1-16-8-13-21(17(2)14-16)27-22(31)15-34-26-30-29-25(35-26)28-24(33)20-11-9-19(10-12-20)23(32)18-6-4-3-5-7-18/h3-14H,15H2,1-2H3,(H,27,31)(H,28,29,33). The van der Waals surface area contributed by atoms with Gasteiger partial charge in [0.1, 0.15) is 0 Å². The van der Waals surface area contributed by atoms with Crippen LogP contribution < -0.4 is 10.6 Å². The van der Waals surface area contributed by atoms with E-state index in [0.29, 0.717) is 26.2 Å². The minimum Gasteiger partial charge on any atom is -0.325 e. The van der Waals surface area contributed by atoms with Crippen LogP contribution in [0.15, 0.2) is 77.1 Å². The van der Waals surface area contributed by atoms with Crippen LogP contribution in [0.4, 0.5) is 10.8 Å². The molecular formula is C26H22N4O3S2. The molecule has 1 aromatic heterocycles. The van der Waals surface area contributed by atoms with Crippen molar-refractivity contribution in [3.63, 3.8) is 0 Å². The van der Waals surface area contributed by atoms with E-state index in [1.54, 1.807) is 48.5 Å². The van der Waals surface area contributed by atoms with E-state index in [1.807, 2.05) is 38.1 Å². The number of benzene rings is 3. The number of anilines is 2. The van der Waals surface area contributed by atoms with Crippen LogP contribution in [0.1, 0.15) is 37.4 Å². The van der Waals surface area contributed by atoms with Gasteiger partial charge in [0.2, 0.25) is 11.0 Å². The minimum absolute atomic E-state index is 0.107. The van der Waals surface area contributed by atoms with E-state index in [-0.39, 0.29) is 23.4 Å². The lowest BCUT2D eigenvalue weighted by atomic mass is 10.0. The quantitative estimate of drug-likeness (QED) is 0.191. The van der Waals surface area contributed by atoms with Crippen LogP contribution >= 0.6 is 23.1 Å². The summed E-state index contributed by atoms with van der Waals surface area (Å²) in [5.41, 5.74) is 4.40. The van der Waals surface area contributed by atoms with Crippen molar-refractivity contribution in [3.05, 3.63) is 101 Å². The first-order valence-corrected chi connectivity index (χ1v) is 12.5. The maximum absolute atomic E-state index is 12.6. The molecule has 0 radical (unpaired) electrons. The van der Waals surface area contributed by atoms with Crippen molar-refractivity contribution < 1.29 is 14.4 Å². The Morgan fingerprint density at radius 2 is 1.51 bits per heavy atom. The Hall–Kier alpha value is -3.82. The lowest BCUT2D eigenvalue weighted by Crippen LogP contribution is -2.14. The fourth-order valence-corrected chi connectivity index (χ4v) is 4.83. The maximum Gasteiger partial charge on any atom is 0.257 e. The zero-order valence-corrected chi connectivity index (χ0v) is 20.7. The number of aryl methyl sites for hydroxylation is 2.